The van der Waals surface area contributed by atoms with Crippen LogP contribution in [0.3, 0.4) is 0 Å². The lowest BCUT2D eigenvalue weighted by Gasteiger charge is -2.12. The minimum atomic E-state index is -0.336. The summed E-state index contributed by atoms with van der Waals surface area (Å²) in [6, 6.07) is 19.7. The van der Waals surface area contributed by atoms with Gasteiger partial charge < -0.3 is 4.74 Å². The molecule has 0 aromatic heterocycles. The van der Waals surface area contributed by atoms with Crippen molar-refractivity contribution in [2.75, 3.05) is 0 Å². The van der Waals surface area contributed by atoms with E-state index in [2.05, 4.69) is 0 Å². The summed E-state index contributed by atoms with van der Waals surface area (Å²) in [5.74, 6) is 0.712. The zero-order valence-corrected chi connectivity index (χ0v) is 14.0. The fraction of sp³-hybridized carbons (Fsp3) is 0.0526. The first-order valence-corrected chi connectivity index (χ1v) is 8.28. The van der Waals surface area contributed by atoms with Gasteiger partial charge in [0.05, 0.1) is 9.92 Å². The van der Waals surface area contributed by atoms with E-state index in [0.29, 0.717) is 16.5 Å². The highest BCUT2D eigenvalue weighted by molar-refractivity contribution is 7.99. The first-order chi connectivity index (χ1) is 11.1. The van der Waals surface area contributed by atoms with Crippen molar-refractivity contribution in [3.63, 3.8) is 0 Å². The lowest BCUT2D eigenvalue weighted by molar-refractivity contribution is 0.466. The van der Waals surface area contributed by atoms with Gasteiger partial charge in [-0.1, -0.05) is 53.2 Å². The van der Waals surface area contributed by atoms with Gasteiger partial charge >= 0.3 is 0 Å². The van der Waals surface area contributed by atoms with Crippen LogP contribution in [-0.4, -0.2) is 0 Å². The molecule has 0 saturated carbocycles. The van der Waals surface area contributed by atoms with Gasteiger partial charge in [0.15, 0.2) is 0 Å². The van der Waals surface area contributed by atoms with Crippen LogP contribution in [0.1, 0.15) is 5.56 Å². The third-order valence-corrected chi connectivity index (χ3v) is 4.76. The lowest BCUT2D eigenvalue weighted by Crippen LogP contribution is -1.88. The number of halogens is 2. The Labute approximate surface area is 144 Å². The highest BCUT2D eigenvalue weighted by atomic mass is 35.5. The van der Waals surface area contributed by atoms with E-state index in [-0.39, 0.29) is 5.82 Å². The van der Waals surface area contributed by atoms with Crippen molar-refractivity contribution in [2.45, 2.75) is 16.7 Å². The molecule has 0 N–H and O–H groups in total. The molecule has 0 spiro atoms. The summed E-state index contributed by atoms with van der Waals surface area (Å²) >= 11 is 7.86. The molecule has 0 amide bonds. The Balaban J connectivity index is 1.91. The standard InChI is InChI=1S/C19H14ClFOS/c1-13-8-10-16(11-9-13)23-19-17(20)6-3-7-18(19)22-15-5-2-4-14(21)12-15/h2-12H,1H3. The average molecular weight is 345 g/mol. The molecule has 0 aliphatic rings. The van der Waals surface area contributed by atoms with E-state index in [1.54, 1.807) is 12.1 Å². The van der Waals surface area contributed by atoms with Crippen LogP contribution in [0, 0.1) is 12.7 Å². The Morgan fingerprint density at radius 1 is 0.957 bits per heavy atom. The monoisotopic (exact) mass is 344 g/mol. The highest BCUT2D eigenvalue weighted by Gasteiger charge is 2.11. The Morgan fingerprint density at radius 3 is 2.43 bits per heavy atom. The van der Waals surface area contributed by atoms with E-state index < -0.39 is 0 Å². The maximum Gasteiger partial charge on any atom is 0.142 e. The molecule has 0 unspecified atom stereocenters. The van der Waals surface area contributed by atoms with Crippen LogP contribution in [-0.2, 0) is 0 Å². The second-order valence-corrected chi connectivity index (χ2v) is 6.53. The molecule has 0 bridgehead atoms. The second-order valence-electron chi connectivity index (χ2n) is 5.04. The average Bonchev–Trinajstić information content (AvgIpc) is 2.53. The van der Waals surface area contributed by atoms with Gasteiger partial charge in [-0.3, -0.25) is 0 Å². The molecule has 0 saturated heterocycles. The van der Waals surface area contributed by atoms with Gasteiger partial charge in [-0.05, 0) is 43.3 Å². The predicted molar refractivity (Wildman–Crippen MR) is 93.2 cm³/mol. The topological polar surface area (TPSA) is 9.23 Å². The number of hydrogen-bond acceptors (Lipinski definition) is 2. The van der Waals surface area contributed by atoms with Crippen molar-refractivity contribution in [1.29, 1.82) is 0 Å². The summed E-state index contributed by atoms with van der Waals surface area (Å²) in [5.41, 5.74) is 1.20. The van der Waals surface area contributed by atoms with Crippen molar-refractivity contribution in [1.82, 2.24) is 0 Å². The lowest BCUT2D eigenvalue weighted by atomic mass is 10.2. The Kier molecular flexibility index (Phi) is 4.89. The van der Waals surface area contributed by atoms with Crippen LogP contribution >= 0.6 is 23.4 Å². The molecule has 3 aromatic carbocycles. The number of rotatable bonds is 4. The van der Waals surface area contributed by atoms with Crippen molar-refractivity contribution in [3.05, 3.63) is 83.1 Å². The summed E-state index contributed by atoms with van der Waals surface area (Å²) in [5, 5.41) is 0.601. The van der Waals surface area contributed by atoms with E-state index in [1.807, 2.05) is 49.4 Å². The molecular formula is C19H14ClFOS. The van der Waals surface area contributed by atoms with Gasteiger partial charge in [0, 0.05) is 11.0 Å². The molecular weight excluding hydrogens is 331 g/mol. The normalized spacial score (nSPS) is 10.6. The molecule has 0 heterocycles. The van der Waals surface area contributed by atoms with Gasteiger partial charge in [-0.2, -0.15) is 0 Å². The molecule has 0 atom stereocenters. The molecule has 0 fully saturated rings. The Hall–Kier alpha value is -1.97. The van der Waals surface area contributed by atoms with Gasteiger partial charge in [0.1, 0.15) is 17.3 Å². The fourth-order valence-corrected chi connectivity index (χ4v) is 3.22. The number of hydrogen-bond donors (Lipinski definition) is 0. The zero-order valence-electron chi connectivity index (χ0n) is 12.4. The number of benzene rings is 3. The second kappa shape index (κ2) is 7.07. The minimum absolute atomic E-state index is 0.336. The maximum absolute atomic E-state index is 13.3. The molecule has 116 valence electrons. The SMILES string of the molecule is Cc1ccc(Sc2c(Cl)cccc2Oc2cccc(F)c2)cc1. The smallest absolute Gasteiger partial charge is 0.142 e. The van der Waals surface area contributed by atoms with Gasteiger partial charge in [0.2, 0.25) is 0 Å². The predicted octanol–water partition coefficient (Wildman–Crippen LogP) is 6.73. The highest BCUT2D eigenvalue weighted by Crippen LogP contribution is 2.41. The summed E-state index contributed by atoms with van der Waals surface area (Å²) in [7, 11) is 0. The summed E-state index contributed by atoms with van der Waals surface area (Å²) in [4.78, 5) is 1.87. The van der Waals surface area contributed by atoms with E-state index in [0.717, 1.165) is 9.79 Å². The summed E-state index contributed by atoms with van der Waals surface area (Å²) in [6.07, 6.45) is 0. The van der Waals surface area contributed by atoms with Gasteiger partial charge in [0.25, 0.3) is 0 Å². The van der Waals surface area contributed by atoms with Crippen molar-refractivity contribution in [3.8, 4) is 11.5 Å². The van der Waals surface area contributed by atoms with E-state index in [1.165, 1.54) is 29.5 Å². The van der Waals surface area contributed by atoms with Crippen LogP contribution in [0.5, 0.6) is 11.5 Å². The summed E-state index contributed by atoms with van der Waals surface area (Å²) in [6.45, 7) is 2.04. The van der Waals surface area contributed by atoms with Crippen LogP contribution in [0.25, 0.3) is 0 Å². The molecule has 0 aliphatic carbocycles. The Morgan fingerprint density at radius 2 is 1.70 bits per heavy atom. The molecule has 0 aliphatic heterocycles. The van der Waals surface area contributed by atoms with Crippen molar-refractivity contribution in [2.24, 2.45) is 0 Å². The number of ether oxygens (including phenoxy) is 1. The molecule has 4 heteroatoms. The molecule has 3 aromatic rings. The first-order valence-electron chi connectivity index (χ1n) is 7.08. The van der Waals surface area contributed by atoms with Crippen LogP contribution in [0.2, 0.25) is 5.02 Å². The fourth-order valence-electron chi connectivity index (χ4n) is 2.05. The Bertz CT molecular complexity index is 818. The zero-order chi connectivity index (χ0) is 16.2. The third-order valence-electron chi connectivity index (χ3n) is 3.20. The van der Waals surface area contributed by atoms with Crippen LogP contribution < -0.4 is 4.74 Å². The van der Waals surface area contributed by atoms with E-state index in [9.17, 15) is 4.39 Å². The van der Waals surface area contributed by atoms with Crippen LogP contribution in [0.4, 0.5) is 4.39 Å². The first kappa shape index (κ1) is 15.9. The molecule has 3 rings (SSSR count). The van der Waals surface area contributed by atoms with Gasteiger partial charge in [-0.25, -0.2) is 4.39 Å². The summed E-state index contributed by atoms with van der Waals surface area (Å²) < 4.78 is 19.1. The largest absolute Gasteiger partial charge is 0.456 e. The van der Waals surface area contributed by atoms with Crippen LogP contribution in [0.15, 0.2) is 76.5 Å². The number of aryl methyl sites for hydroxylation is 1. The quantitative estimate of drug-likeness (QED) is 0.518. The van der Waals surface area contributed by atoms with Crippen molar-refractivity contribution >= 4 is 23.4 Å². The van der Waals surface area contributed by atoms with E-state index >= 15 is 0 Å². The molecule has 0 radical (unpaired) electrons. The van der Waals surface area contributed by atoms with Gasteiger partial charge in [-0.15, -0.1) is 0 Å². The maximum atomic E-state index is 13.3. The minimum Gasteiger partial charge on any atom is -0.456 e. The van der Waals surface area contributed by atoms with E-state index in [4.69, 9.17) is 16.3 Å². The molecule has 1 nitrogen and oxygen atoms in total. The van der Waals surface area contributed by atoms with Crippen molar-refractivity contribution < 1.29 is 9.13 Å². The molecule has 23 heavy (non-hydrogen) atoms. The third kappa shape index (κ3) is 4.06.